The van der Waals surface area contributed by atoms with Crippen molar-refractivity contribution >= 4 is 34.5 Å². The molecule has 1 aromatic carbocycles. The van der Waals surface area contributed by atoms with Crippen LogP contribution in [0.4, 0.5) is 9.18 Å². The zero-order valence-electron chi connectivity index (χ0n) is 10.9. The van der Waals surface area contributed by atoms with E-state index in [9.17, 15) is 9.18 Å². The number of carbonyl (C=O) groups is 1. The van der Waals surface area contributed by atoms with Gasteiger partial charge in [0.1, 0.15) is 5.82 Å². The van der Waals surface area contributed by atoms with E-state index < -0.39 is 24.1 Å². The summed E-state index contributed by atoms with van der Waals surface area (Å²) >= 11 is 3.29. The average molecular weight is 350 g/mol. The fourth-order valence-electron chi connectivity index (χ4n) is 2.39. The van der Waals surface area contributed by atoms with Crippen LogP contribution in [-0.2, 0) is 4.74 Å². The number of halogens is 2. The number of carbonyl (C=O) groups excluding carboxylic acids is 1. The summed E-state index contributed by atoms with van der Waals surface area (Å²) in [6.07, 6.45) is 3.35. The van der Waals surface area contributed by atoms with Crippen molar-refractivity contribution in [1.82, 2.24) is 0 Å². The van der Waals surface area contributed by atoms with Crippen molar-refractivity contribution < 1.29 is 18.5 Å². The van der Waals surface area contributed by atoms with E-state index in [1.807, 2.05) is 0 Å². The molecule has 3 rings (SSSR count). The molecule has 1 saturated heterocycles. The first-order chi connectivity index (χ1) is 10.1. The molecule has 106 valence electrons. The minimum absolute atomic E-state index is 0.321. The lowest BCUT2D eigenvalue weighted by Crippen LogP contribution is -2.29. The van der Waals surface area contributed by atoms with Gasteiger partial charge in [0.25, 0.3) is 0 Å². The summed E-state index contributed by atoms with van der Waals surface area (Å²) in [5.41, 5.74) is 0.892. The van der Waals surface area contributed by atoms with Crippen LogP contribution in [0.15, 0.2) is 52.1 Å². The summed E-state index contributed by atoms with van der Waals surface area (Å²) in [7, 11) is 0. The van der Waals surface area contributed by atoms with Crippen molar-refractivity contribution in [2.45, 2.75) is 12.1 Å². The Hall–Kier alpha value is -2.08. The third kappa shape index (κ3) is 2.47. The Morgan fingerprint density at radius 3 is 2.90 bits per heavy atom. The molecule has 1 fully saturated rings. The Morgan fingerprint density at radius 1 is 1.38 bits per heavy atom. The molecule has 2 aliphatic heterocycles. The highest BCUT2D eigenvalue weighted by Crippen LogP contribution is 2.35. The van der Waals surface area contributed by atoms with Crippen LogP contribution in [0, 0.1) is 5.82 Å². The molecule has 4 nitrogen and oxygen atoms in total. The lowest BCUT2D eigenvalue weighted by atomic mass is 9.97. The third-order valence-corrected chi connectivity index (χ3v) is 3.73. The number of allylic oxidation sites excluding steroid dienone is 1. The van der Waals surface area contributed by atoms with Gasteiger partial charge >= 0.3 is 6.09 Å². The van der Waals surface area contributed by atoms with Gasteiger partial charge in [-0.3, -0.25) is 4.99 Å². The second kappa shape index (κ2) is 5.37. The predicted octanol–water partition coefficient (Wildman–Crippen LogP) is 3.35. The van der Waals surface area contributed by atoms with Crippen LogP contribution >= 0.6 is 15.9 Å². The Labute approximate surface area is 129 Å². The highest BCUT2D eigenvalue weighted by atomic mass is 79.9. The topological polar surface area (TPSA) is 41.7 Å². The van der Waals surface area contributed by atoms with E-state index in [-0.39, 0.29) is 0 Å². The molecule has 0 N–H and O–H groups in total. The quantitative estimate of drug-likeness (QED) is 0.729. The molecule has 0 aromatic heterocycles. The van der Waals surface area contributed by atoms with Crippen LogP contribution in [0.25, 0.3) is 0 Å². The SMILES string of the molecule is C=C1C=NC=C(Br)C=[N+]2C(=O)OC(c3ccccc3F)C12. The smallest absolute Gasteiger partial charge is 0.396 e. The number of nitrogens with zero attached hydrogens (tertiary/aromatic N) is 2. The molecule has 6 heteroatoms. The Balaban J connectivity index is 2.12. The average Bonchev–Trinajstić information content (AvgIpc) is 2.74. The van der Waals surface area contributed by atoms with Gasteiger partial charge in [-0.25, -0.2) is 4.39 Å². The number of cyclic esters (lactones) is 1. The van der Waals surface area contributed by atoms with E-state index in [4.69, 9.17) is 4.74 Å². The summed E-state index contributed by atoms with van der Waals surface area (Å²) in [4.78, 5) is 16.2. The molecule has 2 atom stereocenters. The Morgan fingerprint density at radius 2 is 2.14 bits per heavy atom. The maximum absolute atomic E-state index is 14.0. The first-order valence-corrected chi connectivity index (χ1v) is 7.03. The van der Waals surface area contributed by atoms with E-state index >= 15 is 0 Å². The lowest BCUT2D eigenvalue weighted by Gasteiger charge is -2.14. The fraction of sp³-hybridized carbons (Fsp3) is 0.133. The molecular formula is C15H11BrFN2O2+. The molecular weight excluding hydrogens is 339 g/mol. The standard InChI is InChI=1S/C15H11BrFN2O2/c1-9-6-18-7-10(16)8-19-13(9)14(21-15(19)20)11-4-2-3-5-12(11)17/h2-8,13-14H,1H2/q+1. The van der Waals surface area contributed by atoms with Gasteiger partial charge in [0.2, 0.25) is 12.1 Å². The highest BCUT2D eigenvalue weighted by Gasteiger charge is 2.50. The van der Waals surface area contributed by atoms with Crippen molar-refractivity contribution in [2.24, 2.45) is 4.99 Å². The van der Waals surface area contributed by atoms with Crippen LogP contribution in [0.5, 0.6) is 0 Å². The van der Waals surface area contributed by atoms with Crippen molar-refractivity contribution in [1.29, 1.82) is 0 Å². The summed E-state index contributed by atoms with van der Waals surface area (Å²) < 4.78 is 21.4. The van der Waals surface area contributed by atoms with Gasteiger partial charge in [-0.15, -0.1) is 4.58 Å². The molecule has 2 aliphatic rings. The zero-order valence-corrected chi connectivity index (χ0v) is 12.5. The fourth-order valence-corrected chi connectivity index (χ4v) is 2.72. The molecule has 0 spiro atoms. The second-order valence-electron chi connectivity index (χ2n) is 4.67. The number of amides is 1. The monoisotopic (exact) mass is 349 g/mol. The Bertz CT molecular complexity index is 724. The number of rotatable bonds is 1. The van der Waals surface area contributed by atoms with Gasteiger partial charge in [0, 0.05) is 23.6 Å². The van der Waals surface area contributed by atoms with Gasteiger partial charge in [-0.1, -0.05) is 24.8 Å². The number of hydrogen-bond donors (Lipinski definition) is 0. The van der Waals surface area contributed by atoms with Crippen molar-refractivity contribution in [2.75, 3.05) is 0 Å². The van der Waals surface area contributed by atoms with Gasteiger partial charge < -0.3 is 4.74 Å². The molecule has 0 saturated carbocycles. The van der Waals surface area contributed by atoms with Crippen molar-refractivity contribution in [3.05, 3.63) is 58.5 Å². The molecule has 1 aromatic rings. The number of benzene rings is 1. The van der Waals surface area contributed by atoms with Crippen LogP contribution in [0.1, 0.15) is 11.7 Å². The minimum Gasteiger partial charge on any atom is -0.396 e. The summed E-state index contributed by atoms with van der Waals surface area (Å²) in [5.74, 6) is -0.418. The molecule has 2 heterocycles. The van der Waals surface area contributed by atoms with Crippen molar-refractivity contribution in [3.63, 3.8) is 0 Å². The van der Waals surface area contributed by atoms with Crippen LogP contribution in [0.2, 0.25) is 0 Å². The summed E-state index contributed by atoms with van der Waals surface area (Å²) in [6, 6.07) is 5.71. The summed E-state index contributed by atoms with van der Waals surface area (Å²) in [6.45, 7) is 3.91. The number of aliphatic imine (C=N–C) groups is 1. The number of ether oxygens (including phenoxy) is 1. The first kappa shape index (κ1) is 13.9. The highest BCUT2D eigenvalue weighted by molar-refractivity contribution is 9.12. The predicted molar refractivity (Wildman–Crippen MR) is 80.4 cm³/mol. The second-order valence-corrected chi connectivity index (χ2v) is 5.59. The molecule has 0 bridgehead atoms. The maximum Gasteiger partial charge on any atom is 0.598 e. The maximum atomic E-state index is 14.0. The third-order valence-electron chi connectivity index (χ3n) is 3.32. The minimum atomic E-state index is -0.757. The zero-order chi connectivity index (χ0) is 15.0. The van der Waals surface area contributed by atoms with Crippen LogP contribution in [0.3, 0.4) is 0 Å². The Kier molecular flexibility index (Phi) is 3.55. The normalized spacial score (nSPS) is 24.7. The molecule has 0 aliphatic carbocycles. The first-order valence-electron chi connectivity index (χ1n) is 6.24. The molecule has 1 amide bonds. The molecule has 2 unspecified atom stereocenters. The van der Waals surface area contributed by atoms with E-state index in [1.165, 1.54) is 10.6 Å². The van der Waals surface area contributed by atoms with Gasteiger partial charge in [0.05, 0.1) is 4.48 Å². The van der Waals surface area contributed by atoms with E-state index in [2.05, 4.69) is 27.5 Å². The lowest BCUT2D eigenvalue weighted by molar-refractivity contribution is -0.441. The number of fused-ring (bicyclic) bond motifs is 1. The molecule has 21 heavy (non-hydrogen) atoms. The van der Waals surface area contributed by atoms with Gasteiger partial charge in [0.15, 0.2) is 6.21 Å². The van der Waals surface area contributed by atoms with E-state index in [0.29, 0.717) is 15.6 Å². The van der Waals surface area contributed by atoms with E-state index in [1.54, 1.807) is 36.8 Å². The van der Waals surface area contributed by atoms with E-state index in [0.717, 1.165) is 0 Å². The largest absolute Gasteiger partial charge is 0.598 e. The van der Waals surface area contributed by atoms with Gasteiger partial charge in [-0.05, 0) is 22.0 Å². The number of hydrogen-bond acceptors (Lipinski definition) is 3. The summed E-state index contributed by atoms with van der Waals surface area (Å²) in [5, 5.41) is 0. The van der Waals surface area contributed by atoms with Gasteiger partial charge in [-0.2, -0.15) is 4.79 Å². The van der Waals surface area contributed by atoms with Crippen molar-refractivity contribution in [3.8, 4) is 0 Å². The van der Waals surface area contributed by atoms with Crippen LogP contribution < -0.4 is 0 Å². The van der Waals surface area contributed by atoms with Crippen LogP contribution in [-0.4, -0.2) is 29.1 Å². The molecule has 0 radical (unpaired) electrons.